The Labute approximate surface area is 272 Å². The first-order chi connectivity index (χ1) is 22.3. The standard InChI is InChI=1S/C32H29Cl2FN8O3/c1-18-3-2-4-28(25-11-19(7-9-36-25)31-26(38-32(18)45)14-37-43(31)21-8-10-46-17-21)41-15-24(35)22(13-30(41)44)23-12-20(33)5-6-27(23)42-16-29(34)39-40-42/h5-7,9,11-16,18,21,28H,2-4,8,10,17H2,1H3,(H,38,45). The van der Waals surface area contributed by atoms with Crippen LogP contribution >= 0.6 is 23.2 Å². The van der Waals surface area contributed by atoms with Gasteiger partial charge in [0.1, 0.15) is 5.82 Å². The number of rotatable bonds is 4. The summed E-state index contributed by atoms with van der Waals surface area (Å²) in [7, 11) is 0. The summed E-state index contributed by atoms with van der Waals surface area (Å²) in [6.07, 6.45) is 8.42. The van der Waals surface area contributed by atoms with Crippen LogP contribution < -0.4 is 10.9 Å². The molecule has 3 atom stereocenters. The molecule has 2 aliphatic heterocycles. The maximum atomic E-state index is 16.1. The number of aromatic nitrogens is 7. The van der Waals surface area contributed by atoms with Gasteiger partial charge in [-0.2, -0.15) is 5.10 Å². The number of anilines is 1. The molecule has 14 heteroatoms. The third kappa shape index (κ3) is 5.72. The topological polar surface area (TPSA) is 122 Å². The van der Waals surface area contributed by atoms with Crippen LogP contribution in [0.15, 0.2) is 66.0 Å². The van der Waals surface area contributed by atoms with Crippen molar-refractivity contribution in [2.75, 3.05) is 18.5 Å². The third-order valence-electron chi connectivity index (χ3n) is 8.59. The molecule has 2 bridgehead atoms. The summed E-state index contributed by atoms with van der Waals surface area (Å²) in [5.74, 6) is -1.06. The molecular weight excluding hydrogens is 634 g/mol. The second kappa shape index (κ2) is 12.4. The average Bonchev–Trinajstić information content (AvgIpc) is 3.82. The molecule has 236 valence electrons. The lowest BCUT2D eigenvalue weighted by atomic mass is 9.96. The molecular formula is C32H29Cl2FN8O3. The highest BCUT2D eigenvalue weighted by molar-refractivity contribution is 6.31. The number of benzene rings is 1. The van der Waals surface area contributed by atoms with Gasteiger partial charge in [0.15, 0.2) is 5.15 Å². The van der Waals surface area contributed by atoms with Crippen LogP contribution in [0.3, 0.4) is 0 Å². The Morgan fingerprint density at radius 2 is 1.91 bits per heavy atom. The van der Waals surface area contributed by atoms with Gasteiger partial charge in [-0.3, -0.25) is 19.3 Å². The number of carbonyl (C=O) groups is 1. The van der Waals surface area contributed by atoms with Crippen molar-refractivity contribution in [3.63, 3.8) is 0 Å². The monoisotopic (exact) mass is 662 g/mol. The quantitative estimate of drug-likeness (QED) is 0.246. The molecule has 4 aromatic heterocycles. The Morgan fingerprint density at radius 3 is 2.70 bits per heavy atom. The molecule has 1 fully saturated rings. The second-order valence-electron chi connectivity index (χ2n) is 11.6. The van der Waals surface area contributed by atoms with Gasteiger partial charge in [0, 0.05) is 52.7 Å². The van der Waals surface area contributed by atoms with E-state index in [1.54, 1.807) is 30.6 Å². The molecule has 7 rings (SSSR count). The number of halogens is 3. The Balaban J connectivity index is 1.34. The Kier molecular flexibility index (Phi) is 8.18. The molecule has 3 unspecified atom stereocenters. The minimum Gasteiger partial charge on any atom is -0.379 e. The second-order valence-corrected chi connectivity index (χ2v) is 12.4. The third-order valence-corrected chi connectivity index (χ3v) is 9.00. The molecule has 5 aromatic rings. The van der Waals surface area contributed by atoms with E-state index in [1.807, 2.05) is 23.7 Å². The average molecular weight is 664 g/mol. The van der Waals surface area contributed by atoms with E-state index < -0.39 is 17.4 Å². The van der Waals surface area contributed by atoms with Gasteiger partial charge in [-0.15, -0.1) is 5.10 Å². The van der Waals surface area contributed by atoms with Gasteiger partial charge in [0.2, 0.25) is 5.91 Å². The van der Waals surface area contributed by atoms with E-state index in [9.17, 15) is 9.59 Å². The van der Waals surface area contributed by atoms with E-state index in [0.29, 0.717) is 60.1 Å². The van der Waals surface area contributed by atoms with E-state index in [2.05, 4.69) is 25.7 Å². The SMILES string of the molecule is CC1CCCC(n2cc(F)c(-c3cc(Cl)ccc3-n3cc(Cl)nn3)cc2=O)c2cc(ccn2)-c2c(cnn2C2CCOC2)NC1=O. The van der Waals surface area contributed by atoms with Crippen molar-refractivity contribution in [2.45, 2.75) is 44.7 Å². The highest BCUT2D eigenvalue weighted by atomic mass is 35.5. The lowest BCUT2D eigenvalue weighted by Crippen LogP contribution is -2.27. The molecule has 6 heterocycles. The van der Waals surface area contributed by atoms with Gasteiger partial charge in [0.05, 0.1) is 53.8 Å². The smallest absolute Gasteiger partial charge is 0.251 e. The van der Waals surface area contributed by atoms with Crippen molar-refractivity contribution >= 4 is 34.8 Å². The molecule has 0 radical (unpaired) electrons. The zero-order valence-electron chi connectivity index (χ0n) is 24.7. The number of hydrogen-bond donors (Lipinski definition) is 1. The van der Waals surface area contributed by atoms with Gasteiger partial charge in [-0.1, -0.05) is 41.8 Å². The largest absolute Gasteiger partial charge is 0.379 e. The van der Waals surface area contributed by atoms with E-state index in [4.69, 9.17) is 27.9 Å². The van der Waals surface area contributed by atoms with Crippen LogP contribution in [-0.4, -0.2) is 53.4 Å². The minimum absolute atomic E-state index is 0.00702. The van der Waals surface area contributed by atoms with Crippen LogP contribution in [0.4, 0.5) is 10.1 Å². The Morgan fingerprint density at radius 1 is 1.04 bits per heavy atom. The van der Waals surface area contributed by atoms with Crippen molar-refractivity contribution in [1.29, 1.82) is 0 Å². The van der Waals surface area contributed by atoms with Crippen LogP contribution in [0, 0.1) is 11.7 Å². The molecule has 46 heavy (non-hydrogen) atoms. The van der Waals surface area contributed by atoms with Crippen molar-refractivity contribution in [3.05, 3.63) is 93.2 Å². The van der Waals surface area contributed by atoms with E-state index >= 15 is 4.39 Å². The number of carbonyl (C=O) groups excluding carboxylic acids is 1. The zero-order chi connectivity index (χ0) is 31.9. The zero-order valence-corrected chi connectivity index (χ0v) is 26.2. The number of nitrogens with one attached hydrogen (secondary N) is 1. The Hall–Kier alpha value is -4.39. The summed E-state index contributed by atoms with van der Waals surface area (Å²) in [5.41, 5.74) is 3.11. The molecule has 1 saturated heterocycles. The number of pyridine rings is 2. The molecule has 1 aromatic carbocycles. The summed E-state index contributed by atoms with van der Waals surface area (Å²) in [6, 6.07) is 9.25. The number of ether oxygens (including phenoxy) is 1. The number of nitrogens with zero attached hydrogens (tertiary/aromatic N) is 7. The fraction of sp³-hybridized carbons (Fsp3) is 0.312. The maximum absolute atomic E-state index is 16.1. The van der Waals surface area contributed by atoms with Crippen molar-refractivity contribution in [1.82, 2.24) is 34.3 Å². The number of fused-ring (bicyclic) bond motifs is 4. The highest BCUT2D eigenvalue weighted by Crippen LogP contribution is 2.37. The predicted octanol–water partition coefficient (Wildman–Crippen LogP) is 6.11. The summed E-state index contributed by atoms with van der Waals surface area (Å²) in [6.45, 7) is 3.01. The van der Waals surface area contributed by atoms with Gasteiger partial charge >= 0.3 is 0 Å². The first-order valence-electron chi connectivity index (χ1n) is 15.0. The molecule has 1 N–H and O–H groups in total. The molecule has 0 spiro atoms. The van der Waals surface area contributed by atoms with Crippen molar-refractivity contribution in [3.8, 4) is 28.1 Å². The van der Waals surface area contributed by atoms with E-state index in [-0.39, 0.29) is 28.6 Å². The minimum atomic E-state index is -0.633. The Bertz CT molecular complexity index is 2000. The molecule has 0 aliphatic carbocycles. The van der Waals surface area contributed by atoms with Crippen LogP contribution in [0.2, 0.25) is 10.2 Å². The van der Waals surface area contributed by atoms with Gasteiger partial charge < -0.3 is 14.6 Å². The lowest BCUT2D eigenvalue weighted by molar-refractivity contribution is -0.119. The predicted molar refractivity (Wildman–Crippen MR) is 171 cm³/mol. The first-order valence-corrected chi connectivity index (χ1v) is 15.7. The molecule has 1 amide bonds. The van der Waals surface area contributed by atoms with Gasteiger partial charge in [-0.25, -0.2) is 9.07 Å². The normalized spacial score (nSPS) is 20.1. The fourth-order valence-corrected chi connectivity index (χ4v) is 6.50. The first kappa shape index (κ1) is 30.3. The van der Waals surface area contributed by atoms with Crippen LogP contribution in [-0.2, 0) is 9.53 Å². The molecule has 2 aliphatic rings. The maximum Gasteiger partial charge on any atom is 0.251 e. The van der Waals surface area contributed by atoms with Crippen LogP contribution in [0.1, 0.15) is 50.4 Å². The summed E-state index contributed by atoms with van der Waals surface area (Å²) in [4.78, 5) is 31.7. The number of amides is 1. The van der Waals surface area contributed by atoms with E-state index in [0.717, 1.165) is 17.7 Å². The van der Waals surface area contributed by atoms with Crippen molar-refractivity contribution in [2.24, 2.45) is 5.92 Å². The summed E-state index contributed by atoms with van der Waals surface area (Å²) >= 11 is 12.3. The molecule has 0 saturated carbocycles. The summed E-state index contributed by atoms with van der Waals surface area (Å²) in [5, 5.41) is 16.0. The fourth-order valence-electron chi connectivity index (χ4n) is 6.20. The number of hydrogen-bond acceptors (Lipinski definition) is 7. The highest BCUT2D eigenvalue weighted by Gasteiger charge is 2.28. The van der Waals surface area contributed by atoms with E-state index in [1.165, 1.54) is 27.7 Å². The summed E-state index contributed by atoms with van der Waals surface area (Å²) < 4.78 is 26.4. The van der Waals surface area contributed by atoms with Crippen LogP contribution in [0.5, 0.6) is 0 Å². The van der Waals surface area contributed by atoms with Gasteiger partial charge in [-0.05, 0) is 49.6 Å². The lowest BCUT2D eigenvalue weighted by Gasteiger charge is -2.23. The van der Waals surface area contributed by atoms with Crippen molar-refractivity contribution < 1.29 is 13.9 Å². The van der Waals surface area contributed by atoms with Gasteiger partial charge in [0.25, 0.3) is 5.56 Å². The molecule has 11 nitrogen and oxygen atoms in total. The van der Waals surface area contributed by atoms with Crippen LogP contribution in [0.25, 0.3) is 28.1 Å².